The highest BCUT2D eigenvalue weighted by atomic mass is 35.5. The van der Waals surface area contributed by atoms with Crippen LogP contribution in [0.1, 0.15) is 44.7 Å². The summed E-state index contributed by atoms with van der Waals surface area (Å²) in [6.45, 7) is 4.50. The molecule has 0 saturated carbocycles. The number of halogens is 2. The molecule has 0 amide bonds. The molecule has 0 heterocycles. The molecular weight excluding hydrogens is 253 g/mol. The second-order valence-corrected chi connectivity index (χ2v) is 5.37. The Morgan fingerprint density at radius 1 is 1.24 bits per heavy atom. The zero-order chi connectivity index (χ0) is 12.8. The van der Waals surface area contributed by atoms with E-state index in [0.29, 0.717) is 22.0 Å². The van der Waals surface area contributed by atoms with Crippen molar-refractivity contribution in [1.82, 2.24) is 5.32 Å². The van der Waals surface area contributed by atoms with Gasteiger partial charge in [0.25, 0.3) is 0 Å². The van der Waals surface area contributed by atoms with Gasteiger partial charge in [0, 0.05) is 6.04 Å². The van der Waals surface area contributed by atoms with Crippen molar-refractivity contribution in [3.8, 4) is 0 Å². The van der Waals surface area contributed by atoms with Gasteiger partial charge in [-0.3, -0.25) is 0 Å². The maximum atomic E-state index is 6.06. The van der Waals surface area contributed by atoms with Crippen molar-refractivity contribution in [2.45, 2.75) is 39.2 Å². The van der Waals surface area contributed by atoms with Gasteiger partial charge in [0.15, 0.2) is 0 Å². The third-order valence-corrected chi connectivity index (χ3v) is 3.93. The van der Waals surface area contributed by atoms with Gasteiger partial charge in [0.1, 0.15) is 0 Å². The van der Waals surface area contributed by atoms with Gasteiger partial charge in [-0.1, -0.05) is 56.0 Å². The standard InChI is InChI=1S/C14H21Cl2N/c1-4-5-6-10(2)14(17-3)11-7-8-12(15)13(16)9-11/h7-10,14,17H,4-6H2,1-3H3. The van der Waals surface area contributed by atoms with Crippen LogP contribution in [-0.4, -0.2) is 7.05 Å². The van der Waals surface area contributed by atoms with Crippen LogP contribution >= 0.6 is 23.2 Å². The Morgan fingerprint density at radius 2 is 1.94 bits per heavy atom. The first kappa shape index (κ1) is 14.8. The Kier molecular flexibility index (Phi) is 6.32. The average Bonchev–Trinajstić information content (AvgIpc) is 2.32. The lowest BCUT2D eigenvalue weighted by atomic mass is 9.90. The Hall–Kier alpha value is -0.240. The van der Waals surface area contributed by atoms with Crippen molar-refractivity contribution in [3.63, 3.8) is 0 Å². The van der Waals surface area contributed by atoms with Crippen molar-refractivity contribution >= 4 is 23.2 Å². The lowest BCUT2D eigenvalue weighted by Crippen LogP contribution is -2.23. The third kappa shape index (κ3) is 4.17. The molecule has 0 fully saturated rings. The van der Waals surface area contributed by atoms with Crippen molar-refractivity contribution in [2.75, 3.05) is 7.05 Å². The molecule has 0 spiro atoms. The Morgan fingerprint density at radius 3 is 2.47 bits per heavy atom. The lowest BCUT2D eigenvalue weighted by Gasteiger charge is -2.24. The number of nitrogens with one attached hydrogen (secondary N) is 1. The molecule has 0 bridgehead atoms. The monoisotopic (exact) mass is 273 g/mol. The summed E-state index contributed by atoms with van der Waals surface area (Å²) in [4.78, 5) is 0. The van der Waals surface area contributed by atoms with Crippen LogP contribution in [0.3, 0.4) is 0 Å². The van der Waals surface area contributed by atoms with E-state index < -0.39 is 0 Å². The number of unbranched alkanes of at least 4 members (excludes halogenated alkanes) is 1. The van der Waals surface area contributed by atoms with Gasteiger partial charge in [-0.05, 0) is 37.1 Å². The summed E-state index contributed by atoms with van der Waals surface area (Å²) in [5.74, 6) is 0.595. The van der Waals surface area contributed by atoms with E-state index in [1.165, 1.54) is 24.8 Å². The van der Waals surface area contributed by atoms with E-state index in [0.717, 1.165) is 0 Å². The molecule has 1 nitrogen and oxygen atoms in total. The molecule has 1 aromatic carbocycles. The number of rotatable bonds is 6. The summed E-state index contributed by atoms with van der Waals surface area (Å²) in [5, 5.41) is 4.62. The minimum absolute atomic E-state index is 0.344. The molecule has 1 aromatic rings. The Bertz CT molecular complexity index is 352. The van der Waals surface area contributed by atoms with Gasteiger partial charge < -0.3 is 5.32 Å². The molecule has 2 unspecified atom stereocenters. The minimum atomic E-state index is 0.344. The van der Waals surface area contributed by atoms with Gasteiger partial charge >= 0.3 is 0 Å². The fourth-order valence-electron chi connectivity index (χ4n) is 2.18. The van der Waals surface area contributed by atoms with Crippen LogP contribution in [0, 0.1) is 5.92 Å². The molecule has 96 valence electrons. The first-order valence-corrected chi connectivity index (χ1v) is 6.98. The molecule has 0 aromatic heterocycles. The molecule has 17 heavy (non-hydrogen) atoms. The normalized spacial score (nSPS) is 14.6. The van der Waals surface area contributed by atoms with E-state index in [4.69, 9.17) is 23.2 Å². The summed E-state index contributed by atoms with van der Waals surface area (Å²) >= 11 is 12.0. The van der Waals surface area contributed by atoms with E-state index in [1.54, 1.807) is 0 Å². The van der Waals surface area contributed by atoms with Crippen LogP contribution < -0.4 is 5.32 Å². The van der Waals surface area contributed by atoms with Crippen LogP contribution in [0.25, 0.3) is 0 Å². The summed E-state index contributed by atoms with van der Waals surface area (Å²) < 4.78 is 0. The maximum absolute atomic E-state index is 6.06. The van der Waals surface area contributed by atoms with E-state index in [9.17, 15) is 0 Å². The highest BCUT2D eigenvalue weighted by Gasteiger charge is 2.17. The highest BCUT2D eigenvalue weighted by molar-refractivity contribution is 6.42. The predicted molar refractivity (Wildman–Crippen MR) is 77.0 cm³/mol. The zero-order valence-electron chi connectivity index (χ0n) is 10.8. The molecule has 0 radical (unpaired) electrons. The van der Waals surface area contributed by atoms with Crippen LogP contribution in [0.4, 0.5) is 0 Å². The van der Waals surface area contributed by atoms with Crippen LogP contribution in [0.2, 0.25) is 10.0 Å². The molecular formula is C14H21Cl2N. The maximum Gasteiger partial charge on any atom is 0.0595 e. The van der Waals surface area contributed by atoms with Crippen LogP contribution in [0.15, 0.2) is 18.2 Å². The molecule has 2 atom stereocenters. The SMILES string of the molecule is CCCCC(C)C(NC)c1ccc(Cl)c(Cl)c1. The third-order valence-electron chi connectivity index (χ3n) is 3.20. The van der Waals surface area contributed by atoms with Crippen LogP contribution in [-0.2, 0) is 0 Å². The smallest absolute Gasteiger partial charge is 0.0595 e. The van der Waals surface area contributed by atoms with Gasteiger partial charge in [0.2, 0.25) is 0 Å². The second kappa shape index (κ2) is 7.25. The van der Waals surface area contributed by atoms with Crippen molar-refractivity contribution in [3.05, 3.63) is 33.8 Å². The molecule has 0 aliphatic heterocycles. The number of benzene rings is 1. The van der Waals surface area contributed by atoms with Gasteiger partial charge in [-0.25, -0.2) is 0 Å². The van der Waals surface area contributed by atoms with Gasteiger partial charge in [-0.15, -0.1) is 0 Å². The van der Waals surface area contributed by atoms with E-state index in [2.05, 4.69) is 25.2 Å². The molecule has 0 aliphatic rings. The van der Waals surface area contributed by atoms with E-state index in [1.807, 2.05) is 19.2 Å². The largest absolute Gasteiger partial charge is 0.313 e. The fourth-order valence-corrected chi connectivity index (χ4v) is 2.48. The molecule has 0 saturated heterocycles. The van der Waals surface area contributed by atoms with E-state index >= 15 is 0 Å². The Balaban J connectivity index is 2.81. The quantitative estimate of drug-likeness (QED) is 0.762. The van der Waals surface area contributed by atoms with Gasteiger partial charge in [-0.2, -0.15) is 0 Å². The predicted octanol–water partition coefficient (Wildman–Crippen LogP) is 5.08. The first-order chi connectivity index (χ1) is 8.10. The van der Waals surface area contributed by atoms with Crippen LogP contribution in [0.5, 0.6) is 0 Å². The van der Waals surface area contributed by atoms with Crippen molar-refractivity contribution in [2.24, 2.45) is 5.92 Å². The summed E-state index contributed by atoms with van der Waals surface area (Å²) in [5.41, 5.74) is 1.21. The summed E-state index contributed by atoms with van der Waals surface area (Å²) in [6, 6.07) is 6.23. The van der Waals surface area contributed by atoms with E-state index in [-0.39, 0.29) is 0 Å². The molecule has 3 heteroatoms. The summed E-state index contributed by atoms with van der Waals surface area (Å²) in [6.07, 6.45) is 3.73. The second-order valence-electron chi connectivity index (χ2n) is 4.56. The fraction of sp³-hybridized carbons (Fsp3) is 0.571. The van der Waals surface area contributed by atoms with Gasteiger partial charge in [0.05, 0.1) is 10.0 Å². The average molecular weight is 274 g/mol. The number of hydrogen-bond acceptors (Lipinski definition) is 1. The Labute approximate surface area is 115 Å². The van der Waals surface area contributed by atoms with Crippen molar-refractivity contribution in [1.29, 1.82) is 0 Å². The molecule has 1 N–H and O–H groups in total. The molecule has 1 rings (SSSR count). The summed E-state index contributed by atoms with van der Waals surface area (Å²) in [7, 11) is 2.00. The minimum Gasteiger partial charge on any atom is -0.313 e. The molecule has 0 aliphatic carbocycles. The first-order valence-electron chi connectivity index (χ1n) is 6.22. The topological polar surface area (TPSA) is 12.0 Å². The lowest BCUT2D eigenvalue weighted by molar-refractivity contribution is 0.377. The zero-order valence-corrected chi connectivity index (χ0v) is 12.3. The highest BCUT2D eigenvalue weighted by Crippen LogP contribution is 2.30. The van der Waals surface area contributed by atoms with Crippen molar-refractivity contribution < 1.29 is 0 Å². The number of hydrogen-bond donors (Lipinski definition) is 1.